The normalized spacial score (nSPS) is 14.3. The summed E-state index contributed by atoms with van der Waals surface area (Å²) in [6.07, 6.45) is 3.11. The molecule has 7 nitrogen and oxygen atoms in total. The Hall–Kier alpha value is -2.96. The SMILES string of the molecule is CCc1ccccc1NC(=O)c1cc(N2CCN(C=O)CC2)ncn1. The Morgan fingerprint density at radius 3 is 2.68 bits per heavy atom. The molecule has 1 aliphatic rings. The molecule has 1 fully saturated rings. The maximum atomic E-state index is 12.5. The Balaban J connectivity index is 1.73. The zero-order valence-electron chi connectivity index (χ0n) is 14.2. The highest BCUT2D eigenvalue weighted by Crippen LogP contribution is 2.18. The predicted octanol–water partition coefficient (Wildman–Crippen LogP) is 1.57. The minimum atomic E-state index is -0.254. The number of carbonyl (C=O) groups is 2. The van der Waals surface area contributed by atoms with Crippen molar-refractivity contribution < 1.29 is 9.59 Å². The van der Waals surface area contributed by atoms with Crippen molar-refractivity contribution in [2.24, 2.45) is 0 Å². The quantitative estimate of drug-likeness (QED) is 0.837. The lowest BCUT2D eigenvalue weighted by Crippen LogP contribution is -2.46. The highest BCUT2D eigenvalue weighted by molar-refractivity contribution is 6.03. The predicted molar refractivity (Wildman–Crippen MR) is 95.7 cm³/mol. The molecule has 0 radical (unpaired) electrons. The Bertz CT molecular complexity index is 757. The molecule has 1 saturated heterocycles. The standard InChI is InChI=1S/C18H21N5O2/c1-2-14-5-3-4-6-15(14)21-18(25)16-11-17(20-12-19-16)23-9-7-22(13-24)8-10-23/h3-6,11-13H,2,7-10H2,1H3,(H,21,25). The second-order valence-electron chi connectivity index (χ2n) is 5.85. The fourth-order valence-electron chi connectivity index (χ4n) is 2.84. The molecule has 3 rings (SSSR count). The van der Waals surface area contributed by atoms with Crippen molar-refractivity contribution in [3.05, 3.63) is 47.9 Å². The first-order chi connectivity index (χ1) is 12.2. The van der Waals surface area contributed by atoms with E-state index in [4.69, 9.17) is 0 Å². The molecule has 1 aromatic heterocycles. The number of anilines is 2. The van der Waals surface area contributed by atoms with Crippen LogP contribution in [-0.2, 0) is 11.2 Å². The second kappa shape index (κ2) is 7.74. The number of carbonyl (C=O) groups excluding carboxylic acids is 2. The molecule has 2 amide bonds. The summed E-state index contributed by atoms with van der Waals surface area (Å²) in [5.74, 6) is 0.450. The molecule has 0 unspecified atom stereocenters. The maximum absolute atomic E-state index is 12.5. The molecule has 1 aromatic carbocycles. The van der Waals surface area contributed by atoms with Gasteiger partial charge in [0, 0.05) is 37.9 Å². The third-order valence-electron chi connectivity index (χ3n) is 4.32. The van der Waals surface area contributed by atoms with Crippen LogP contribution in [0.4, 0.5) is 11.5 Å². The van der Waals surface area contributed by atoms with Crippen molar-refractivity contribution in [2.75, 3.05) is 36.4 Å². The Morgan fingerprint density at radius 2 is 1.96 bits per heavy atom. The van der Waals surface area contributed by atoms with Gasteiger partial charge in [-0.05, 0) is 18.1 Å². The van der Waals surface area contributed by atoms with Gasteiger partial charge < -0.3 is 15.1 Å². The van der Waals surface area contributed by atoms with Crippen LogP contribution in [0.3, 0.4) is 0 Å². The number of para-hydroxylation sites is 1. The topological polar surface area (TPSA) is 78.4 Å². The van der Waals surface area contributed by atoms with E-state index in [-0.39, 0.29) is 5.91 Å². The number of piperazine rings is 1. The van der Waals surface area contributed by atoms with Gasteiger partial charge in [-0.2, -0.15) is 0 Å². The van der Waals surface area contributed by atoms with Crippen LogP contribution in [0.15, 0.2) is 36.7 Å². The summed E-state index contributed by atoms with van der Waals surface area (Å²) in [6, 6.07) is 9.43. The average Bonchev–Trinajstić information content (AvgIpc) is 2.68. The van der Waals surface area contributed by atoms with E-state index in [1.165, 1.54) is 6.33 Å². The van der Waals surface area contributed by atoms with E-state index in [1.54, 1.807) is 11.0 Å². The number of aromatic nitrogens is 2. The summed E-state index contributed by atoms with van der Waals surface area (Å²) in [4.78, 5) is 35.5. The number of nitrogens with one attached hydrogen (secondary N) is 1. The van der Waals surface area contributed by atoms with Crippen molar-refractivity contribution in [3.63, 3.8) is 0 Å². The first-order valence-electron chi connectivity index (χ1n) is 8.37. The molecule has 130 valence electrons. The van der Waals surface area contributed by atoms with Crippen LogP contribution >= 0.6 is 0 Å². The molecule has 0 bridgehead atoms. The van der Waals surface area contributed by atoms with Crippen molar-refractivity contribution >= 4 is 23.8 Å². The lowest BCUT2D eigenvalue weighted by molar-refractivity contribution is -0.118. The molecule has 0 saturated carbocycles. The smallest absolute Gasteiger partial charge is 0.274 e. The zero-order valence-corrected chi connectivity index (χ0v) is 14.2. The van der Waals surface area contributed by atoms with E-state index >= 15 is 0 Å². The van der Waals surface area contributed by atoms with Crippen LogP contribution in [0, 0.1) is 0 Å². The molecule has 1 aliphatic heterocycles. The van der Waals surface area contributed by atoms with Crippen LogP contribution in [0.2, 0.25) is 0 Å². The minimum Gasteiger partial charge on any atom is -0.353 e. The molecule has 0 aliphatic carbocycles. The van der Waals surface area contributed by atoms with Crippen LogP contribution in [-0.4, -0.2) is 53.4 Å². The lowest BCUT2D eigenvalue weighted by Gasteiger charge is -2.33. The number of benzene rings is 1. The van der Waals surface area contributed by atoms with E-state index < -0.39 is 0 Å². The average molecular weight is 339 g/mol. The third kappa shape index (κ3) is 3.93. The molecule has 2 aromatic rings. The number of nitrogens with zero attached hydrogens (tertiary/aromatic N) is 4. The number of amides is 2. The van der Waals surface area contributed by atoms with Crippen molar-refractivity contribution in [1.29, 1.82) is 0 Å². The molecule has 0 spiro atoms. The van der Waals surface area contributed by atoms with Crippen LogP contribution in [0.1, 0.15) is 23.0 Å². The fraction of sp³-hybridized carbons (Fsp3) is 0.333. The van der Waals surface area contributed by atoms with Crippen LogP contribution < -0.4 is 10.2 Å². The fourth-order valence-corrected chi connectivity index (χ4v) is 2.84. The number of hydrogen-bond donors (Lipinski definition) is 1. The summed E-state index contributed by atoms with van der Waals surface area (Å²) in [6.45, 7) is 4.73. The van der Waals surface area contributed by atoms with Gasteiger partial charge in [-0.1, -0.05) is 25.1 Å². The molecular formula is C18H21N5O2. The second-order valence-corrected chi connectivity index (χ2v) is 5.85. The molecular weight excluding hydrogens is 318 g/mol. The zero-order chi connectivity index (χ0) is 17.6. The Labute approximate surface area is 146 Å². The third-order valence-corrected chi connectivity index (χ3v) is 4.32. The van der Waals surface area contributed by atoms with Crippen LogP contribution in [0.25, 0.3) is 0 Å². The monoisotopic (exact) mass is 339 g/mol. The van der Waals surface area contributed by atoms with E-state index in [2.05, 4.69) is 20.2 Å². The minimum absolute atomic E-state index is 0.254. The van der Waals surface area contributed by atoms with E-state index in [0.29, 0.717) is 37.7 Å². The summed E-state index contributed by atoms with van der Waals surface area (Å²) in [5.41, 5.74) is 2.21. The lowest BCUT2D eigenvalue weighted by atomic mass is 10.1. The van der Waals surface area contributed by atoms with Gasteiger partial charge in [-0.25, -0.2) is 9.97 Å². The van der Waals surface area contributed by atoms with Crippen molar-refractivity contribution in [1.82, 2.24) is 14.9 Å². The summed E-state index contributed by atoms with van der Waals surface area (Å²) in [7, 11) is 0. The molecule has 25 heavy (non-hydrogen) atoms. The number of rotatable bonds is 5. The highest BCUT2D eigenvalue weighted by Gasteiger charge is 2.18. The summed E-state index contributed by atoms with van der Waals surface area (Å²) >= 11 is 0. The Kier molecular flexibility index (Phi) is 5.23. The van der Waals surface area contributed by atoms with Gasteiger partial charge in [-0.3, -0.25) is 9.59 Å². The molecule has 2 heterocycles. The van der Waals surface area contributed by atoms with Crippen molar-refractivity contribution in [3.8, 4) is 0 Å². The van der Waals surface area contributed by atoms with E-state index in [0.717, 1.165) is 24.1 Å². The van der Waals surface area contributed by atoms with Crippen molar-refractivity contribution in [2.45, 2.75) is 13.3 Å². The van der Waals surface area contributed by atoms with Gasteiger partial charge in [0.25, 0.3) is 5.91 Å². The molecule has 7 heteroatoms. The van der Waals surface area contributed by atoms with Gasteiger partial charge >= 0.3 is 0 Å². The first-order valence-corrected chi connectivity index (χ1v) is 8.37. The maximum Gasteiger partial charge on any atom is 0.274 e. The first kappa shape index (κ1) is 16.9. The van der Waals surface area contributed by atoms with Crippen LogP contribution in [0.5, 0.6) is 0 Å². The Morgan fingerprint density at radius 1 is 1.20 bits per heavy atom. The number of aryl methyl sites for hydroxylation is 1. The molecule has 1 N–H and O–H groups in total. The van der Waals surface area contributed by atoms with E-state index in [1.807, 2.05) is 31.2 Å². The number of hydrogen-bond acceptors (Lipinski definition) is 5. The van der Waals surface area contributed by atoms with Gasteiger partial charge in [0.15, 0.2) is 0 Å². The van der Waals surface area contributed by atoms with Gasteiger partial charge in [0.05, 0.1) is 0 Å². The largest absolute Gasteiger partial charge is 0.353 e. The highest BCUT2D eigenvalue weighted by atomic mass is 16.2. The summed E-state index contributed by atoms with van der Waals surface area (Å²) < 4.78 is 0. The molecule has 0 atom stereocenters. The van der Waals surface area contributed by atoms with Gasteiger partial charge in [-0.15, -0.1) is 0 Å². The van der Waals surface area contributed by atoms with Gasteiger partial charge in [0.1, 0.15) is 17.8 Å². The van der Waals surface area contributed by atoms with Gasteiger partial charge in [0.2, 0.25) is 6.41 Å². The van der Waals surface area contributed by atoms with E-state index in [9.17, 15) is 9.59 Å². The summed E-state index contributed by atoms with van der Waals surface area (Å²) in [5, 5.41) is 2.92.